The molecule has 2 unspecified atom stereocenters. The van der Waals surface area contributed by atoms with Gasteiger partial charge in [0, 0.05) is 13.7 Å². The van der Waals surface area contributed by atoms with Crippen molar-refractivity contribution in [2.45, 2.75) is 32.4 Å². The van der Waals surface area contributed by atoms with E-state index in [1.54, 1.807) is 6.92 Å². The van der Waals surface area contributed by atoms with Crippen LogP contribution in [-0.4, -0.2) is 50.1 Å². The highest BCUT2D eigenvalue weighted by atomic mass is 16.5. The molecule has 0 rings (SSSR count). The largest absolute Gasteiger partial charge is 0.465 e. The van der Waals surface area contributed by atoms with E-state index in [1.165, 1.54) is 7.11 Å². The first kappa shape index (κ1) is 14.3. The van der Waals surface area contributed by atoms with Crippen LogP contribution >= 0.6 is 0 Å². The predicted octanol–water partition coefficient (Wildman–Crippen LogP) is -0.0750. The van der Waals surface area contributed by atoms with Crippen molar-refractivity contribution < 1.29 is 19.4 Å². The van der Waals surface area contributed by atoms with E-state index in [4.69, 9.17) is 9.47 Å². The molecule has 5 nitrogen and oxygen atoms in total. The third-order valence-electron chi connectivity index (χ3n) is 1.94. The van der Waals surface area contributed by atoms with Crippen LogP contribution in [0.2, 0.25) is 0 Å². The fourth-order valence-electron chi connectivity index (χ4n) is 1.17. The van der Waals surface area contributed by atoms with Crippen molar-refractivity contribution in [2.75, 3.05) is 26.9 Å². The van der Waals surface area contributed by atoms with Crippen LogP contribution in [0.4, 0.5) is 0 Å². The van der Waals surface area contributed by atoms with Crippen LogP contribution in [0.3, 0.4) is 0 Å². The molecular weight excluding hydrogens is 198 g/mol. The van der Waals surface area contributed by atoms with Gasteiger partial charge in [0.2, 0.25) is 0 Å². The summed E-state index contributed by atoms with van der Waals surface area (Å²) in [6.45, 7) is 4.61. The summed E-state index contributed by atoms with van der Waals surface area (Å²) in [5.41, 5.74) is 0. The average molecular weight is 219 g/mol. The molecule has 0 saturated heterocycles. The number of aliphatic hydroxyl groups is 1. The number of esters is 1. The monoisotopic (exact) mass is 219 g/mol. The van der Waals surface area contributed by atoms with Gasteiger partial charge >= 0.3 is 5.97 Å². The van der Waals surface area contributed by atoms with Crippen LogP contribution < -0.4 is 5.32 Å². The number of ether oxygens (including phenoxy) is 2. The van der Waals surface area contributed by atoms with E-state index in [9.17, 15) is 9.90 Å². The lowest BCUT2D eigenvalue weighted by atomic mass is 10.2. The number of aliphatic hydroxyl groups excluding tert-OH is 1. The van der Waals surface area contributed by atoms with Crippen molar-refractivity contribution >= 4 is 5.97 Å². The lowest BCUT2D eigenvalue weighted by Gasteiger charge is -2.17. The highest BCUT2D eigenvalue weighted by Crippen LogP contribution is 1.95. The first-order valence-corrected chi connectivity index (χ1v) is 5.22. The van der Waals surface area contributed by atoms with Crippen LogP contribution in [0, 0.1) is 0 Å². The minimum absolute atomic E-state index is 0.256. The SMILES string of the molecule is CCOC(=O)C(CC)NCC(O)COC. The van der Waals surface area contributed by atoms with Gasteiger partial charge in [-0.25, -0.2) is 0 Å². The van der Waals surface area contributed by atoms with Gasteiger partial charge < -0.3 is 19.9 Å². The molecule has 0 spiro atoms. The molecule has 0 aromatic carbocycles. The van der Waals surface area contributed by atoms with Crippen molar-refractivity contribution in [3.05, 3.63) is 0 Å². The molecule has 0 aliphatic rings. The zero-order chi connectivity index (χ0) is 11.7. The highest BCUT2D eigenvalue weighted by Gasteiger charge is 2.17. The van der Waals surface area contributed by atoms with Crippen molar-refractivity contribution in [1.29, 1.82) is 0 Å². The third kappa shape index (κ3) is 6.43. The summed E-state index contributed by atoms with van der Waals surface area (Å²) >= 11 is 0. The minimum Gasteiger partial charge on any atom is -0.465 e. The van der Waals surface area contributed by atoms with Crippen LogP contribution in [-0.2, 0) is 14.3 Å². The number of nitrogens with one attached hydrogen (secondary N) is 1. The van der Waals surface area contributed by atoms with Crippen molar-refractivity contribution in [3.8, 4) is 0 Å². The Kier molecular flexibility index (Phi) is 8.27. The lowest BCUT2D eigenvalue weighted by molar-refractivity contribution is -0.145. The molecule has 2 atom stereocenters. The summed E-state index contributed by atoms with van der Waals surface area (Å²) in [7, 11) is 1.52. The van der Waals surface area contributed by atoms with Crippen LogP contribution in [0.5, 0.6) is 0 Å². The summed E-state index contributed by atoms with van der Waals surface area (Å²) in [5.74, 6) is -0.274. The van der Waals surface area contributed by atoms with E-state index in [0.29, 0.717) is 19.6 Å². The minimum atomic E-state index is -0.599. The van der Waals surface area contributed by atoms with Gasteiger partial charge in [-0.15, -0.1) is 0 Å². The Balaban J connectivity index is 3.83. The number of hydrogen-bond acceptors (Lipinski definition) is 5. The molecule has 0 aliphatic heterocycles. The molecule has 0 bridgehead atoms. The van der Waals surface area contributed by atoms with Gasteiger partial charge in [0.05, 0.1) is 19.3 Å². The maximum atomic E-state index is 11.3. The first-order chi connectivity index (χ1) is 7.15. The quantitative estimate of drug-likeness (QED) is 0.559. The standard InChI is InChI=1S/C10H21NO4/c1-4-9(10(13)15-5-2)11-6-8(12)7-14-3/h8-9,11-12H,4-7H2,1-3H3. The second-order valence-electron chi connectivity index (χ2n) is 3.23. The summed E-state index contributed by atoms with van der Waals surface area (Å²) in [6, 6.07) is -0.351. The summed E-state index contributed by atoms with van der Waals surface area (Å²) in [6.07, 6.45) is 0.0388. The summed E-state index contributed by atoms with van der Waals surface area (Å²) < 4.78 is 9.64. The van der Waals surface area contributed by atoms with E-state index in [0.717, 1.165) is 0 Å². The highest BCUT2D eigenvalue weighted by molar-refractivity contribution is 5.75. The van der Waals surface area contributed by atoms with Gasteiger partial charge in [-0.05, 0) is 13.3 Å². The second-order valence-corrected chi connectivity index (χ2v) is 3.23. The fraction of sp³-hybridized carbons (Fsp3) is 0.900. The van der Waals surface area contributed by atoms with E-state index >= 15 is 0 Å². The molecule has 0 aliphatic carbocycles. The molecule has 0 aromatic heterocycles. The second kappa shape index (κ2) is 8.64. The fourth-order valence-corrected chi connectivity index (χ4v) is 1.17. The average Bonchev–Trinajstić information content (AvgIpc) is 2.19. The Morgan fingerprint density at radius 1 is 1.47 bits per heavy atom. The van der Waals surface area contributed by atoms with Gasteiger partial charge in [0.25, 0.3) is 0 Å². The number of methoxy groups -OCH3 is 1. The number of carbonyl (C=O) groups excluding carboxylic acids is 1. The van der Waals surface area contributed by atoms with Gasteiger partial charge in [-0.1, -0.05) is 6.92 Å². The molecular formula is C10H21NO4. The Morgan fingerprint density at radius 3 is 2.60 bits per heavy atom. The number of hydrogen-bond donors (Lipinski definition) is 2. The molecule has 15 heavy (non-hydrogen) atoms. The number of rotatable bonds is 8. The molecule has 0 fully saturated rings. The first-order valence-electron chi connectivity index (χ1n) is 5.22. The smallest absolute Gasteiger partial charge is 0.323 e. The third-order valence-corrected chi connectivity index (χ3v) is 1.94. The van der Waals surface area contributed by atoms with Crippen LogP contribution in [0.15, 0.2) is 0 Å². The molecule has 2 N–H and O–H groups in total. The van der Waals surface area contributed by atoms with E-state index < -0.39 is 6.10 Å². The molecule has 0 heterocycles. The van der Waals surface area contributed by atoms with Gasteiger partial charge in [-0.3, -0.25) is 4.79 Å². The molecule has 0 saturated carbocycles. The predicted molar refractivity (Wildman–Crippen MR) is 56.6 cm³/mol. The Morgan fingerprint density at radius 2 is 2.13 bits per heavy atom. The van der Waals surface area contributed by atoms with Crippen LogP contribution in [0.1, 0.15) is 20.3 Å². The molecule has 5 heteroatoms. The zero-order valence-corrected chi connectivity index (χ0v) is 9.66. The normalized spacial score (nSPS) is 14.7. The summed E-state index contributed by atoms with van der Waals surface area (Å²) in [5, 5.41) is 12.3. The molecule has 90 valence electrons. The lowest BCUT2D eigenvalue weighted by Crippen LogP contribution is -2.42. The Hall–Kier alpha value is -0.650. The zero-order valence-electron chi connectivity index (χ0n) is 9.66. The maximum absolute atomic E-state index is 11.3. The van der Waals surface area contributed by atoms with E-state index in [-0.39, 0.29) is 18.6 Å². The van der Waals surface area contributed by atoms with Crippen molar-refractivity contribution in [1.82, 2.24) is 5.32 Å². The Labute approximate surface area is 90.8 Å². The molecule has 0 radical (unpaired) electrons. The van der Waals surface area contributed by atoms with Gasteiger partial charge in [0.1, 0.15) is 6.04 Å². The van der Waals surface area contributed by atoms with E-state index in [1.807, 2.05) is 6.92 Å². The van der Waals surface area contributed by atoms with Crippen LogP contribution in [0.25, 0.3) is 0 Å². The number of carbonyl (C=O) groups is 1. The Bertz CT molecular complexity index is 175. The molecule has 0 amide bonds. The van der Waals surface area contributed by atoms with Crippen molar-refractivity contribution in [3.63, 3.8) is 0 Å². The van der Waals surface area contributed by atoms with E-state index in [2.05, 4.69) is 5.32 Å². The summed E-state index contributed by atoms with van der Waals surface area (Å²) in [4.78, 5) is 11.3. The van der Waals surface area contributed by atoms with Gasteiger partial charge in [-0.2, -0.15) is 0 Å². The van der Waals surface area contributed by atoms with Gasteiger partial charge in [0.15, 0.2) is 0 Å². The molecule has 0 aromatic rings. The maximum Gasteiger partial charge on any atom is 0.323 e. The van der Waals surface area contributed by atoms with Crippen molar-refractivity contribution in [2.24, 2.45) is 0 Å². The topological polar surface area (TPSA) is 67.8 Å².